The minimum atomic E-state index is -0.880. The van der Waals surface area contributed by atoms with Crippen molar-refractivity contribution in [2.75, 3.05) is 0 Å². The molecule has 0 atom stereocenters. The first kappa shape index (κ1) is 14.2. The van der Waals surface area contributed by atoms with Crippen LogP contribution >= 0.6 is 27.5 Å². The third-order valence-electron chi connectivity index (χ3n) is 2.67. The molecule has 2 aromatic carbocycles. The van der Waals surface area contributed by atoms with Gasteiger partial charge in [-0.15, -0.1) is 0 Å². The zero-order chi connectivity index (χ0) is 14.2. The monoisotopic (exact) mass is 344 g/mol. The van der Waals surface area contributed by atoms with E-state index < -0.39 is 17.4 Å². The van der Waals surface area contributed by atoms with Gasteiger partial charge in [-0.05, 0) is 52.7 Å². The zero-order valence-corrected chi connectivity index (χ0v) is 12.1. The molecule has 19 heavy (non-hydrogen) atoms. The third kappa shape index (κ3) is 2.85. The molecule has 0 fully saturated rings. The average molecular weight is 346 g/mol. The van der Waals surface area contributed by atoms with Crippen LogP contribution in [0.15, 0.2) is 34.8 Å². The highest BCUT2D eigenvalue weighted by atomic mass is 79.9. The maximum Gasteiger partial charge on any atom is 0.197 e. The number of hydrogen-bond donors (Lipinski definition) is 0. The Bertz CT molecular complexity index is 671. The van der Waals surface area contributed by atoms with E-state index in [2.05, 4.69) is 15.9 Å². The molecule has 0 saturated carbocycles. The summed E-state index contributed by atoms with van der Waals surface area (Å²) in [5, 5.41) is 0.458. The van der Waals surface area contributed by atoms with Crippen molar-refractivity contribution in [1.82, 2.24) is 0 Å². The van der Waals surface area contributed by atoms with Gasteiger partial charge in [-0.2, -0.15) is 0 Å². The minimum Gasteiger partial charge on any atom is -0.288 e. The smallest absolute Gasteiger partial charge is 0.197 e. The second kappa shape index (κ2) is 5.39. The van der Waals surface area contributed by atoms with Crippen LogP contribution in [0.5, 0.6) is 0 Å². The number of aryl methyl sites for hydroxylation is 1. The topological polar surface area (TPSA) is 17.1 Å². The van der Waals surface area contributed by atoms with Crippen molar-refractivity contribution in [2.24, 2.45) is 0 Å². The van der Waals surface area contributed by atoms with Crippen LogP contribution in [0.3, 0.4) is 0 Å². The van der Waals surface area contributed by atoms with Crippen LogP contribution in [0, 0.1) is 18.6 Å². The van der Waals surface area contributed by atoms with Gasteiger partial charge < -0.3 is 0 Å². The van der Waals surface area contributed by atoms with Gasteiger partial charge in [0.2, 0.25) is 0 Å². The minimum absolute atomic E-state index is 0.165. The Balaban J connectivity index is 2.53. The Morgan fingerprint density at radius 1 is 1.11 bits per heavy atom. The number of halogens is 4. The molecule has 2 aromatic rings. The first-order chi connectivity index (χ1) is 8.90. The van der Waals surface area contributed by atoms with Crippen LogP contribution in [-0.4, -0.2) is 5.78 Å². The number of ketones is 1. The molecule has 0 bridgehead atoms. The van der Waals surface area contributed by atoms with E-state index in [1.54, 1.807) is 6.07 Å². The highest BCUT2D eigenvalue weighted by Crippen LogP contribution is 2.25. The molecule has 0 radical (unpaired) electrons. The fourth-order valence-corrected chi connectivity index (χ4v) is 2.51. The number of rotatable bonds is 2. The first-order valence-electron chi connectivity index (χ1n) is 5.35. The SMILES string of the molecule is Cc1cc(C(=O)c2ccc(Cl)cc2Br)c(F)cc1F. The molecule has 5 heteroatoms. The summed E-state index contributed by atoms with van der Waals surface area (Å²) in [6, 6.07) is 6.49. The van der Waals surface area contributed by atoms with E-state index in [-0.39, 0.29) is 16.7 Å². The van der Waals surface area contributed by atoms with Crippen molar-refractivity contribution in [3.05, 3.63) is 68.2 Å². The van der Waals surface area contributed by atoms with Gasteiger partial charge in [-0.3, -0.25) is 4.79 Å². The summed E-state index contributed by atoms with van der Waals surface area (Å²) < 4.78 is 27.3. The maximum absolute atomic E-state index is 13.7. The van der Waals surface area contributed by atoms with E-state index in [1.165, 1.54) is 25.1 Å². The van der Waals surface area contributed by atoms with Crippen LogP contribution in [0.25, 0.3) is 0 Å². The quantitative estimate of drug-likeness (QED) is 0.706. The van der Waals surface area contributed by atoms with E-state index in [1.807, 2.05) is 0 Å². The van der Waals surface area contributed by atoms with Gasteiger partial charge in [0.25, 0.3) is 0 Å². The molecule has 0 aliphatic heterocycles. The first-order valence-corrected chi connectivity index (χ1v) is 6.52. The average Bonchev–Trinajstić information content (AvgIpc) is 2.33. The Hall–Kier alpha value is -1.26. The van der Waals surface area contributed by atoms with Crippen LogP contribution in [0.1, 0.15) is 21.5 Å². The summed E-state index contributed by atoms with van der Waals surface area (Å²) in [7, 11) is 0. The second-order valence-corrected chi connectivity index (χ2v) is 5.33. The number of carbonyl (C=O) groups is 1. The van der Waals surface area contributed by atoms with E-state index in [9.17, 15) is 13.6 Å². The molecule has 0 saturated heterocycles. The van der Waals surface area contributed by atoms with E-state index >= 15 is 0 Å². The largest absolute Gasteiger partial charge is 0.288 e. The van der Waals surface area contributed by atoms with Crippen LogP contribution in [0.4, 0.5) is 8.78 Å². The van der Waals surface area contributed by atoms with Crippen molar-refractivity contribution < 1.29 is 13.6 Å². The molecule has 0 amide bonds. The Labute approximate surface area is 122 Å². The summed E-state index contributed by atoms with van der Waals surface area (Å²) in [4.78, 5) is 12.2. The number of benzene rings is 2. The van der Waals surface area contributed by atoms with E-state index in [0.717, 1.165) is 0 Å². The molecular weight excluding hydrogens is 338 g/mol. The fraction of sp³-hybridized carbons (Fsp3) is 0.0714. The molecule has 0 aliphatic rings. The van der Waals surface area contributed by atoms with Gasteiger partial charge in [-0.25, -0.2) is 8.78 Å². The molecule has 0 N–H and O–H groups in total. The highest BCUT2D eigenvalue weighted by molar-refractivity contribution is 9.10. The molecule has 0 spiro atoms. The summed E-state index contributed by atoms with van der Waals surface area (Å²) in [5.41, 5.74) is 0.325. The lowest BCUT2D eigenvalue weighted by Gasteiger charge is -2.07. The normalized spacial score (nSPS) is 10.6. The Morgan fingerprint density at radius 2 is 1.79 bits per heavy atom. The lowest BCUT2D eigenvalue weighted by atomic mass is 10.0. The van der Waals surface area contributed by atoms with Crippen molar-refractivity contribution in [1.29, 1.82) is 0 Å². The summed E-state index contributed by atoms with van der Waals surface area (Å²) in [6.45, 7) is 1.47. The van der Waals surface area contributed by atoms with Crippen molar-refractivity contribution in [3.8, 4) is 0 Å². The van der Waals surface area contributed by atoms with Gasteiger partial charge in [0.1, 0.15) is 11.6 Å². The standard InChI is InChI=1S/C14H8BrClF2O/c1-7-4-10(13(18)6-12(7)17)14(19)9-3-2-8(16)5-11(9)15/h2-6H,1H3. The highest BCUT2D eigenvalue weighted by Gasteiger charge is 2.18. The van der Waals surface area contributed by atoms with Crippen LogP contribution < -0.4 is 0 Å². The van der Waals surface area contributed by atoms with Gasteiger partial charge in [-0.1, -0.05) is 11.6 Å². The summed E-state index contributed by atoms with van der Waals surface area (Å²) >= 11 is 8.98. The predicted molar refractivity (Wildman–Crippen MR) is 73.7 cm³/mol. The maximum atomic E-state index is 13.7. The molecular formula is C14H8BrClF2O. The molecule has 1 nitrogen and oxygen atoms in total. The molecule has 98 valence electrons. The predicted octanol–water partition coefficient (Wildman–Crippen LogP) is 4.92. The summed E-state index contributed by atoms with van der Waals surface area (Å²) in [5.74, 6) is -2.08. The van der Waals surface area contributed by atoms with Crippen molar-refractivity contribution in [3.63, 3.8) is 0 Å². The van der Waals surface area contributed by atoms with Crippen LogP contribution in [0.2, 0.25) is 5.02 Å². The van der Waals surface area contributed by atoms with Crippen molar-refractivity contribution in [2.45, 2.75) is 6.92 Å². The molecule has 0 unspecified atom stereocenters. The van der Waals surface area contributed by atoms with Crippen LogP contribution in [-0.2, 0) is 0 Å². The van der Waals surface area contributed by atoms with Gasteiger partial charge in [0.15, 0.2) is 5.78 Å². The fourth-order valence-electron chi connectivity index (χ4n) is 1.65. The summed E-state index contributed by atoms with van der Waals surface area (Å²) in [6.07, 6.45) is 0. The number of hydrogen-bond acceptors (Lipinski definition) is 1. The Morgan fingerprint density at radius 3 is 2.42 bits per heavy atom. The second-order valence-electron chi connectivity index (χ2n) is 4.03. The van der Waals surface area contributed by atoms with E-state index in [0.29, 0.717) is 15.6 Å². The zero-order valence-electron chi connectivity index (χ0n) is 9.81. The Kier molecular flexibility index (Phi) is 4.02. The number of carbonyl (C=O) groups excluding carboxylic acids is 1. The third-order valence-corrected chi connectivity index (χ3v) is 3.56. The molecule has 0 aliphatic carbocycles. The van der Waals surface area contributed by atoms with Gasteiger partial charge in [0, 0.05) is 21.1 Å². The lowest BCUT2D eigenvalue weighted by molar-refractivity contribution is 0.103. The molecule has 0 aromatic heterocycles. The lowest BCUT2D eigenvalue weighted by Crippen LogP contribution is -2.06. The van der Waals surface area contributed by atoms with E-state index in [4.69, 9.17) is 11.6 Å². The molecule has 2 rings (SSSR count). The van der Waals surface area contributed by atoms with Crippen molar-refractivity contribution >= 4 is 33.3 Å². The van der Waals surface area contributed by atoms with Gasteiger partial charge >= 0.3 is 0 Å². The van der Waals surface area contributed by atoms with Gasteiger partial charge in [0.05, 0.1) is 5.56 Å². The molecule has 0 heterocycles.